The van der Waals surface area contributed by atoms with Gasteiger partial charge in [0.15, 0.2) is 0 Å². The molecule has 1 fully saturated rings. The Labute approximate surface area is 171 Å². The fourth-order valence-corrected chi connectivity index (χ4v) is 5.40. The van der Waals surface area contributed by atoms with Gasteiger partial charge in [-0.15, -0.1) is 0 Å². The minimum Gasteiger partial charge on any atom is -0.421 e. The van der Waals surface area contributed by atoms with Crippen LogP contribution in [0.15, 0.2) is 47.4 Å². The number of piperidine rings is 1. The average Bonchev–Trinajstić information content (AvgIpc) is 2.64. The number of halogens is 1. The Balaban J connectivity index is 1.77. The lowest BCUT2D eigenvalue weighted by molar-refractivity contribution is 0.0734. The minimum atomic E-state index is -3.58. The maximum absolute atomic E-state index is 12.9. The predicted octanol–water partition coefficient (Wildman–Crippen LogP) is 4.53. The SMILES string of the molecule is Cc1ccc(Cl)c(OC(=O)c2ccc(S(=O)(=O)N3C[C@H](C)C[C@@H](C)C3)cc2)c1. The number of benzene rings is 2. The number of aryl methyl sites for hydroxylation is 1. The molecule has 1 aliphatic rings. The lowest BCUT2D eigenvalue weighted by Gasteiger charge is -2.34. The molecule has 7 heteroatoms. The van der Waals surface area contributed by atoms with E-state index < -0.39 is 16.0 Å². The number of nitrogens with zero attached hydrogens (tertiary/aromatic N) is 1. The summed E-state index contributed by atoms with van der Waals surface area (Å²) in [6, 6.07) is 11.0. The van der Waals surface area contributed by atoms with Gasteiger partial charge < -0.3 is 4.74 Å². The number of sulfonamides is 1. The van der Waals surface area contributed by atoms with Crippen LogP contribution < -0.4 is 4.74 Å². The quantitative estimate of drug-likeness (QED) is 0.537. The van der Waals surface area contributed by atoms with E-state index in [4.69, 9.17) is 16.3 Å². The molecular formula is C21H24ClNO4S. The number of carbonyl (C=O) groups is 1. The average molecular weight is 422 g/mol. The van der Waals surface area contributed by atoms with Gasteiger partial charge in [-0.3, -0.25) is 0 Å². The van der Waals surface area contributed by atoms with E-state index in [0.717, 1.165) is 12.0 Å². The Bertz CT molecular complexity index is 962. The van der Waals surface area contributed by atoms with E-state index in [-0.39, 0.29) is 16.2 Å². The van der Waals surface area contributed by atoms with E-state index in [0.29, 0.717) is 29.9 Å². The largest absolute Gasteiger partial charge is 0.421 e. The summed E-state index contributed by atoms with van der Waals surface area (Å²) >= 11 is 6.06. The fourth-order valence-electron chi connectivity index (χ4n) is 3.56. The summed E-state index contributed by atoms with van der Waals surface area (Å²) < 4.78 is 32.7. The summed E-state index contributed by atoms with van der Waals surface area (Å²) in [7, 11) is -3.58. The van der Waals surface area contributed by atoms with Crippen LogP contribution >= 0.6 is 11.6 Å². The first-order valence-corrected chi connectivity index (χ1v) is 11.1. The van der Waals surface area contributed by atoms with Crippen molar-refractivity contribution in [3.63, 3.8) is 0 Å². The second kappa shape index (κ2) is 8.23. The smallest absolute Gasteiger partial charge is 0.343 e. The van der Waals surface area contributed by atoms with Crippen LogP contribution in [0.1, 0.15) is 36.2 Å². The fraction of sp³-hybridized carbons (Fsp3) is 0.381. The molecule has 0 aromatic heterocycles. The molecule has 2 aromatic rings. The molecule has 0 bridgehead atoms. The Morgan fingerprint density at radius 2 is 1.68 bits per heavy atom. The van der Waals surface area contributed by atoms with E-state index in [2.05, 4.69) is 13.8 Å². The summed E-state index contributed by atoms with van der Waals surface area (Å²) in [4.78, 5) is 12.6. The summed E-state index contributed by atoms with van der Waals surface area (Å²) in [5.74, 6) is 0.343. The molecule has 0 saturated carbocycles. The van der Waals surface area contributed by atoms with Crippen molar-refractivity contribution in [3.05, 3.63) is 58.6 Å². The molecule has 0 aliphatic carbocycles. The van der Waals surface area contributed by atoms with Crippen molar-refractivity contribution in [3.8, 4) is 5.75 Å². The third-order valence-corrected chi connectivity index (χ3v) is 7.01. The first-order chi connectivity index (χ1) is 13.2. The summed E-state index contributed by atoms with van der Waals surface area (Å²) in [5, 5.41) is 0.339. The van der Waals surface area contributed by atoms with Crippen molar-refractivity contribution >= 4 is 27.6 Å². The molecule has 1 heterocycles. The number of carbonyl (C=O) groups excluding carboxylic acids is 1. The maximum Gasteiger partial charge on any atom is 0.343 e. The Kier molecular flexibility index (Phi) is 6.12. The van der Waals surface area contributed by atoms with Crippen LogP contribution in [0.3, 0.4) is 0 Å². The van der Waals surface area contributed by atoms with Crippen molar-refractivity contribution in [1.82, 2.24) is 4.31 Å². The number of rotatable bonds is 4. The molecule has 0 radical (unpaired) electrons. The van der Waals surface area contributed by atoms with Crippen molar-refractivity contribution in [2.45, 2.75) is 32.1 Å². The number of esters is 1. The van der Waals surface area contributed by atoms with Crippen molar-refractivity contribution in [1.29, 1.82) is 0 Å². The van der Waals surface area contributed by atoms with Crippen molar-refractivity contribution in [2.24, 2.45) is 11.8 Å². The van der Waals surface area contributed by atoms with Gasteiger partial charge in [-0.25, -0.2) is 13.2 Å². The highest BCUT2D eigenvalue weighted by atomic mass is 35.5. The molecule has 2 aromatic carbocycles. The van der Waals surface area contributed by atoms with Crippen LogP contribution in [0.2, 0.25) is 5.02 Å². The van der Waals surface area contributed by atoms with Crippen LogP contribution in [-0.4, -0.2) is 31.8 Å². The first-order valence-electron chi connectivity index (χ1n) is 9.25. The topological polar surface area (TPSA) is 63.7 Å². The molecular weight excluding hydrogens is 398 g/mol. The third kappa shape index (κ3) is 4.57. The van der Waals surface area contributed by atoms with Crippen LogP contribution in [0.5, 0.6) is 5.75 Å². The van der Waals surface area contributed by atoms with E-state index in [1.807, 2.05) is 13.0 Å². The molecule has 0 amide bonds. The molecule has 2 atom stereocenters. The summed E-state index contributed by atoms with van der Waals surface area (Å²) in [6.07, 6.45) is 1.03. The Morgan fingerprint density at radius 1 is 1.07 bits per heavy atom. The van der Waals surface area contributed by atoms with E-state index in [1.165, 1.54) is 28.6 Å². The van der Waals surface area contributed by atoms with E-state index >= 15 is 0 Å². The molecule has 150 valence electrons. The van der Waals surface area contributed by atoms with Crippen LogP contribution in [-0.2, 0) is 10.0 Å². The van der Waals surface area contributed by atoms with Crippen LogP contribution in [0.25, 0.3) is 0 Å². The lowest BCUT2D eigenvalue weighted by atomic mass is 9.94. The number of hydrogen-bond donors (Lipinski definition) is 0. The van der Waals surface area contributed by atoms with E-state index in [1.54, 1.807) is 12.1 Å². The molecule has 1 aliphatic heterocycles. The zero-order valence-corrected chi connectivity index (χ0v) is 17.8. The summed E-state index contributed by atoms with van der Waals surface area (Å²) in [5.41, 5.74) is 1.18. The van der Waals surface area contributed by atoms with Crippen molar-refractivity contribution < 1.29 is 17.9 Å². The molecule has 5 nitrogen and oxygen atoms in total. The molecule has 0 unspecified atom stereocenters. The van der Waals surface area contributed by atoms with Crippen LogP contribution in [0, 0.1) is 18.8 Å². The zero-order valence-electron chi connectivity index (χ0n) is 16.2. The van der Waals surface area contributed by atoms with E-state index in [9.17, 15) is 13.2 Å². The predicted molar refractivity (Wildman–Crippen MR) is 109 cm³/mol. The maximum atomic E-state index is 12.9. The van der Waals surface area contributed by atoms with Gasteiger partial charge in [0.25, 0.3) is 0 Å². The highest BCUT2D eigenvalue weighted by Crippen LogP contribution is 2.28. The minimum absolute atomic E-state index is 0.180. The Hall–Kier alpha value is -1.89. The lowest BCUT2D eigenvalue weighted by Crippen LogP contribution is -2.42. The van der Waals surface area contributed by atoms with Crippen molar-refractivity contribution in [2.75, 3.05) is 13.1 Å². The van der Waals surface area contributed by atoms with Gasteiger partial charge in [-0.2, -0.15) is 4.31 Å². The van der Waals surface area contributed by atoms with Gasteiger partial charge in [-0.1, -0.05) is 31.5 Å². The van der Waals surface area contributed by atoms with Crippen LogP contribution in [0.4, 0.5) is 0 Å². The van der Waals surface area contributed by atoms with Gasteiger partial charge in [0, 0.05) is 13.1 Å². The van der Waals surface area contributed by atoms with Gasteiger partial charge in [0.1, 0.15) is 5.75 Å². The van der Waals surface area contributed by atoms with Gasteiger partial charge >= 0.3 is 5.97 Å². The monoisotopic (exact) mass is 421 g/mol. The Morgan fingerprint density at radius 3 is 2.29 bits per heavy atom. The standard InChI is InChI=1S/C21H24ClNO4S/c1-14-4-9-19(22)20(11-14)27-21(24)17-5-7-18(8-6-17)28(25,26)23-12-15(2)10-16(3)13-23/h4-9,11,15-16H,10,12-13H2,1-3H3/t15-,16-/m1/s1. The number of hydrogen-bond acceptors (Lipinski definition) is 4. The molecule has 1 saturated heterocycles. The normalized spacial score (nSPS) is 20.7. The zero-order chi connectivity index (χ0) is 20.5. The molecule has 28 heavy (non-hydrogen) atoms. The number of ether oxygens (including phenoxy) is 1. The summed E-state index contributed by atoms with van der Waals surface area (Å²) in [6.45, 7) is 7.03. The molecule has 0 N–H and O–H groups in total. The highest BCUT2D eigenvalue weighted by Gasteiger charge is 2.31. The van der Waals surface area contributed by atoms with Gasteiger partial charge in [-0.05, 0) is 67.1 Å². The second-order valence-corrected chi connectivity index (χ2v) is 9.96. The molecule has 3 rings (SSSR count). The molecule has 0 spiro atoms. The first kappa shape index (κ1) is 20.8. The van der Waals surface area contributed by atoms with Gasteiger partial charge in [0.05, 0.1) is 15.5 Å². The highest BCUT2D eigenvalue weighted by molar-refractivity contribution is 7.89. The van der Waals surface area contributed by atoms with Gasteiger partial charge in [0.2, 0.25) is 10.0 Å². The second-order valence-electron chi connectivity index (χ2n) is 7.62. The third-order valence-electron chi connectivity index (χ3n) is 4.85.